The molecule has 0 aliphatic heterocycles. The van der Waals surface area contributed by atoms with Gasteiger partial charge in [0.2, 0.25) is 0 Å². The van der Waals surface area contributed by atoms with Crippen molar-refractivity contribution in [2.75, 3.05) is 12.4 Å². The van der Waals surface area contributed by atoms with Crippen LogP contribution < -0.4 is 14.8 Å². The van der Waals surface area contributed by atoms with Crippen LogP contribution in [-0.2, 0) is 0 Å². The number of ether oxygens (including phenoxy) is 2. The molecular weight excluding hydrogens is 345 g/mol. The average molecular weight is 356 g/mol. The molecule has 132 valence electrons. The molecule has 2 rings (SSSR count). The highest BCUT2D eigenvalue weighted by atomic mass is 19.4. The van der Waals surface area contributed by atoms with E-state index in [0.29, 0.717) is 0 Å². The van der Waals surface area contributed by atoms with E-state index in [4.69, 9.17) is 4.74 Å². The summed E-state index contributed by atoms with van der Waals surface area (Å²) in [5.41, 5.74) is -0.222. The number of methoxy groups -OCH3 is 1. The number of nitro benzene ring substituents is 1. The number of hydrogen-bond donors (Lipinski definition) is 1. The van der Waals surface area contributed by atoms with Crippen LogP contribution in [-0.4, -0.2) is 24.3 Å². The minimum atomic E-state index is -4.82. The Kier molecular flexibility index (Phi) is 5.11. The molecule has 0 radical (unpaired) electrons. The van der Waals surface area contributed by atoms with Crippen molar-refractivity contribution in [2.45, 2.75) is 6.36 Å². The molecule has 0 aromatic heterocycles. The number of alkyl halides is 3. The minimum Gasteiger partial charge on any atom is -0.496 e. The predicted octanol–water partition coefficient (Wildman–Crippen LogP) is 3.75. The lowest BCUT2D eigenvalue weighted by molar-refractivity contribution is -0.384. The minimum absolute atomic E-state index is 0.0904. The van der Waals surface area contributed by atoms with Crippen LogP contribution in [0.3, 0.4) is 0 Å². The Labute approximate surface area is 139 Å². The third kappa shape index (κ3) is 4.83. The maximum atomic E-state index is 12.3. The molecule has 0 bridgehead atoms. The highest BCUT2D eigenvalue weighted by molar-refractivity contribution is 6.06. The Hall–Kier alpha value is -3.30. The molecule has 0 saturated carbocycles. The number of nitrogens with zero attached hydrogens (tertiary/aromatic N) is 1. The number of hydrogen-bond acceptors (Lipinski definition) is 5. The van der Waals surface area contributed by atoms with Crippen LogP contribution in [0.25, 0.3) is 0 Å². The second-order valence-electron chi connectivity index (χ2n) is 4.67. The van der Waals surface area contributed by atoms with Crippen molar-refractivity contribution in [2.24, 2.45) is 0 Å². The zero-order chi connectivity index (χ0) is 18.6. The van der Waals surface area contributed by atoms with Gasteiger partial charge in [0.15, 0.2) is 0 Å². The van der Waals surface area contributed by atoms with Crippen LogP contribution in [0.1, 0.15) is 10.4 Å². The Balaban J connectivity index is 2.19. The van der Waals surface area contributed by atoms with Crippen molar-refractivity contribution in [1.29, 1.82) is 0 Å². The van der Waals surface area contributed by atoms with Gasteiger partial charge in [0.1, 0.15) is 11.5 Å². The second-order valence-corrected chi connectivity index (χ2v) is 4.67. The molecule has 0 fully saturated rings. The van der Waals surface area contributed by atoms with Crippen molar-refractivity contribution in [3.63, 3.8) is 0 Å². The van der Waals surface area contributed by atoms with E-state index in [2.05, 4.69) is 10.1 Å². The van der Waals surface area contributed by atoms with Gasteiger partial charge in [-0.25, -0.2) is 0 Å². The van der Waals surface area contributed by atoms with Gasteiger partial charge in [-0.1, -0.05) is 0 Å². The van der Waals surface area contributed by atoms with E-state index < -0.39 is 22.9 Å². The molecule has 0 spiro atoms. The lowest BCUT2D eigenvalue weighted by Gasteiger charge is -2.11. The molecule has 7 nitrogen and oxygen atoms in total. The monoisotopic (exact) mass is 356 g/mol. The van der Waals surface area contributed by atoms with E-state index in [1.54, 1.807) is 0 Å². The first-order chi connectivity index (χ1) is 11.7. The van der Waals surface area contributed by atoms with Crippen LogP contribution in [0.5, 0.6) is 11.5 Å². The Morgan fingerprint density at radius 3 is 2.32 bits per heavy atom. The molecular formula is C15H11F3N2O5. The number of halogens is 3. The van der Waals surface area contributed by atoms with E-state index in [9.17, 15) is 28.1 Å². The number of nitrogens with one attached hydrogen (secondary N) is 1. The molecule has 0 unspecified atom stereocenters. The summed E-state index contributed by atoms with van der Waals surface area (Å²) in [6.45, 7) is 0. The summed E-state index contributed by atoms with van der Waals surface area (Å²) in [6, 6.07) is 7.93. The molecule has 25 heavy (non-hydrogen) atoms. The first-order valence-corrected chi connectivity index (χ1v) is 6.69. The zero-order valence-electron chi connectivity index (χ0n) is 12.7. The van der Waals surface area contributed by atoms with E-state index >= 15 is 0 Å². The number of nitro groups is 1. The quantitative estimate of drug-likeness (QED) is 0.651. The number of rotatable bonds is 5. The first kappa shape index (κ1) is 18.0. The molecule has 10 heteroatoms. The maximum Gasteiger partial charge on any atom is 0.573 e. The highest BCUT2D eigenvalue weighted by Gasteiger charge is 2.31. The maximum absolute atomic E-state index is 12.3. The zero-order valence-corrected chi connectivity index (χ0v) is 12.7. The fraction of sp³-hybridized carbons (Fsp3) is 0.133. The van der Waals surface area contributed by atoms with Gasteiger partial charge >= 0.3 is 6.36 Å². The van der Waals surface area contributed by atoms with Crippen LogP contribution in [0.15, 0.2) is 42.5 Å². The molecule has 0 heterocycles. The van der Waals surface area contributed by atoms with Crippen molar-refractivity contribution >= 4 is 17.3 Å². The summed E-state index contributed by atoms with van der Waals surface area (Å²) in [4.78, 5) is 22.4. The van der Waals surface area contributed by atoms with Gasteiger partial charge < -0.3 is 14.8 Å². The number of amides is 1. The van der Waals surface area contributed by atoms with E-state index in [1.165, 1.54) is 31.4 Å². The Morgan fingerprint density at radius 2 is 1.80 bits per heavy atom. The normalized spacial score (nSPS) is 10.9. The molecule has 0 aliphatic carbocycles. The smallest absolute Gasteiger partial charge is 0.496 e. The van der Waals surface area contributed by atoms with Crippen LogP contribution >= 0.6 is 0 Å². The summed E-state index contributed by atoms with van der Waals surface area (Å²) in [6.07, 6.45) is -4.82. The molecule has 2 aromatic rings. The van der Waals surface area contributed by atoms with Crippen molar-refractivity contribution in [1.82, 2.24) is 0 Å². The van der Waals surface area contributed by atoms with E-state index in [-0.39, 0.29) is 22.7 Å². The molecule has 2 aromatic carbocycles. The number of benzene rings is 2. The van der Waals surface area contributed by atoms with Gasteiger partial charge in [-0.05, 0) is 30.3 Å². The lowest BCUT2D eigenvalue weighted by Crippen LogP contribution is -2.17. The largest absolute Gasteiger partial charge is 0.573 e. The van der Waals surface area contributed by atoms with Crippen molar-refractivity contribution in [3.8, 4) is 11.5 Å². The molecule has 0 atom stereocenters. The van der Waals surface area contributed by atoms with Crippen LogP contribution in [0.4, 0.5) is 24.5 Å². The predicted molar refractivity (Wildman–Crippen MR) is 80.7 cm³/mol. The summed E-state index contributed by atoms with van der Waals surface area (Å²) in [5.74, 6) is -1.05. The number of anilines is 1. The topological polar surface area (TPSA) is 90.7 Å². The fourth-order valence-corrected chi connectivity index (χ4v) is 1.93. The Morgan fingerprint density at radius 1 is 1.16 bits per heavy atom. The number of carbonyl (C=O) groups excluding carboxylic acids is 1. The van der Waals surface area contributed by atoms with Crippen LogP contribution in [0.2, 0.25) is 0 Å². The average Bonchev–Trinajstić information content (AvgIpc) is 2.54. The summed E-state index contributed by atoms with van der Waals surface area (Å²) >= 11 is 0. The van der Waals surface area contributed by atoms with E-state index in [1.807, 2.05) is 0 Å². The first-order valence-electron chi connectivity index (χ1n) is 6.69. The van der Waals surface area contributed by atoms with Gasteiger partial charge in [0.25, 0.3) is 11.6 Å². The molecule has 1 amide bonds. The highest BCUT2D eigenvalue weighted by Crippen LogP contribution is 2.26. The Bertz CT molecular complexity index is 791. The van der Waals surface area contributed by atoms with Crippen LogP contribution in [0, 0.1) is 10.1 Å². The van der Waals surface area contributed by atoms with Crippen molar-refractivity contribution in [3.05, 3.63) is 58.1 Å². The van der Waals surface area contributed by atoms with Gasteiger partial charge in [-0.2, -0.15) is 0 Å². The fourth-order valence-electron chi connectivity index (χ4n) is 1.93. The lowest BCUT2D eigenvalue weighted by atomic mass is 10.1. The molecule has 0 aliphatic rings. The van der Waals surface area contributed by atoms with Gasteiger partial charge in [-0.3, -0.25) is 14.9 Å². The summed E-state index contributed by atoms with van der Waals surface area (Å²) < 4.78 is 45.0. The third-order valence-corrected chi connectivity index (χ3v) is 2.98. The second kappa shape index (κ2) is 7.07. The summed E-state index contributed by atoms with van der Waals surface area (Å²) in [7, 11) is 1.29. The summed E-state index contributed by atoms with van der Waals surface area (Å²) in [5, 5.41) is 13.2. The van der Waals surface area contributed by atoms with E-state index in [0.717, 1.165) is 18.2 Å². The standard InChI is InChI=1S/C15H11F3N2O5/c1-24-13-7-4-10(20(22)23)8-12(13)14(21)19-9-2-5-11(6-3-9)25-15(16,17)18/h2-8H,1H3,(H,19,21). The molecule has 0 saturated heterocycles. The number of non-ortho nitro benzene ring substituents is 1. The third-order valence-electron chi connectivity index (χ3n) is 2.98. The van der Waals surface area contributed by atoms with Gasteiger partial charge in [0, 0.05) is 17.8 Å². The van der Waals surface area contributed by atoms with Gasteiger partial charge in [0.05, 0.1) is 17.6 Å². The van der Waals surface area contributed by atoms with Crippen molar-refractivity contribution < 1.29 is 32.4 Å². The molecule has 1 N–H and O–H groups in total. The van der Waals surface area contributed by atoms with Gasteiger partial charge in [-0.15, -0.1) is 13.2 Å². The number of carbonyl (C=O) groups is 1. The SMILES string of the molecule is COc1ccc([N+](=O)[O-])cc1C(=O)Nc1ccc(OC(F)(F)F)cc1.